The van der Waals surface area contributed by atoms with E-state index < -0.39 is 12.5 Å². The Kier molecular flexibility index (Phi) is 7.37. The summed E-state index contributed by atoms with van der Waals surface area (Å²) in [7, 11) is 1.52. The number of amides is 1. The Hall–Kier alpha value is -3.68. The molecule has 0 fully saturated rings. The number of para-hydroxylation sites is 1. The number of ether oxygens (including phenoxy) is 3. The van der Waals surface area contributed by atoms with Crippen LogP contribution in [0.25, 0.3) is 0 Å². The molecule has 162 valence electrons. The quantitative estimate of drug-likeness (QED) is 0.485. The number of carbonyl (C=O) groups is 1. The van der Waals surface area contributed by atoms with E-state index in [2.05, 4.69) is 4.98 Å². The highest BCUT2D eigenvalue weighted by atomic mass is 19.1. The van der Waals surface area contributed by atoms with Crippen LogP contribution in [0, 0.1) is 5.82 Å². The number of nitrogens with zero attached hydrogens (tertiary/aromatic N) is 2. The third-order valence-electron chi connectivity index (χ3n) is 4.40. The molecule has 0 atom stereocenters. The van der Waals surface area contributed by atoms with E-state index in [1.807, 2.05) is 0 Å². The largest absolute Gasteiger partial charge is 0.497 e. The van der Waals surface area contributed by atoms with Gasteiger partial charge in [-0.2, -0.15) is 0 Å². The SMILES string of the molecule is COc1ccc(OCC[18F])c(CN(C(C)=O)c2cccnc2Oc2ccccc2F)c1. The van der Waals surface area contributed by atoms with Crippen molar-refractivity contribution in [2.45, 2.75) is 13.5 Å². The number of alkyl halides is 1. The summed E-state index contributed by atoms with van der Waals surface area (Å²) in [5, 5.41) is 0. The Morgan fingerprint density at radius 3 is 2.61 bits per heavy atom. The number of pyridine rings is 1. The molecule has 1 amide bonds. The van der Waals surface area contributed by atoms with Crippen molar-refractivity contribution in [1.82, 2.24) is 4.98 Å². The van der Waals surface area contributed by atoms with Gasteiger partial charge < -0.3 is 19.1 Å². The number of halogens is 2. The lowest BCUT2D eigenvalue weighted by molar-refractivity contribution is -0.116. The van der Waals surface area contributed by atoms with E-state index in [-0.39, 0.29) is 30.7 Å². The van der Waals surface area contributed by atoms with Crippen LogP contribution in [-0.4, -0.2) is 31.3 Å². The third kappa shape index (κ3) is 5.48. The first-order chi connectivity index (χ1) is 15.0. The minimum absolute atomic E-state index is 0.0145. The van der Waals surface area contributed by atoms with E-state index in [0.29, 0.717) is 22.7 Å². The molecule has 3 rings (SSSR count). The zero-order valence-electron chi connectivity index (χ0n) is 17.2. The zero-order valence-corrected chi connectivity index (χ0v) is 17.2. The van der Waals surface area contributed by atoms with Crippen LogP contribution in [0.2, 0.25) is 0 Å². The molecule has 8 heteroatoms. The number of aromatic nitrogens is 1. The number of rotatable bonds is 9. The first-order valence-electron chi connectivity index (χ1n) is 9.54. The summed E-state index contributed by atoms with van der Waals surface area (Å²) in [4.78, 5) is 18.1. The Morgan fingerprint density at radius 1 is 1.10 bits per heavy atom. The summed E-state index contributed by atoms with van der Waals surface area (Å²) in [5.41, 5.74) is 0.946. The van der Waals surface area contributed by atoms with Crippen LogP contribution in [0.4, 0.5) is 14.5 Å². The molecule has 0 saturated heterocycles. The summed E-state index contributed by atoms with van der Waals surface area (Å²) in [6.07, 6.45) is 1.49. The summed E-state index contributed by atoms with van der Waals surface area (Å²) >= 11 is 0. The third-order valence-corrected chi connectivity index (χ3v) is 4.40. The minimum Gasteiger partial charge on any atom is -0.497 e. The molecule has 0 N–H and O–H groups in total. The van der Waals surface area contributed by atoms with Crippen molar-refractivity contribution in [2.75, 3.05) is 25.3 Å². The first kappa shape index (κ1) is 22.0. The fourth-order valence-corrected chi connectivity index (χ4v) is 2.93. The van der Waals surface area contributed by atoms with Gasteiger partial charge in [0, 0.05) is 18.7 Å². The summed E-state index contributed by atoms with van der Waals surface area (Å²) < 4.78 is 43.1. The second kappa shape index (κ2) is 10.4. The Labute approximate surface area is 179 Å². The van der Waals surface area contributed by atoms with E-state index >= 15 is 0 Å². The van der Waals surface area contributed by atoms with E-state index in [1.165, 1.54) is 37.3 Å². The molecule has 0 unspecified atom stereocenters. The van der Waals surface area contributed by atoms with E-state index in [9.17, 15) is 13.6 Å². The average molecular weight is 427 g/mol. The molecule has 1 aromatic heterocycles. The number of methoxy groups -OCH3 is 1. The maximum Gasteiger partial charge on any atom is 0.243 e. The molecule has 2 aromatic carbocycles. The predicted molar refractivity (Wildman–Crippen MR) is 112 cm³/mol. The molecular weight excluding hydrogens is 405 g/mol. The van der Waals surface area contributed by atoms with Gasteiger partial charge in [0.25, 0.3) is 0 Å². The maximum absolute atomic E-state index is 14.1. The number of carbonyl (C=O) groups excluding carboxylic acids is 1. The number of hydrogen-bond acceptors (Lipinski definition) is 5. The van der Waals surface area contributed by atoms with Gasteiger partial charge in [0.05, 0.1) is 13.7 Å². The van der Waals surface area contributed by atoms with Gasteiger partial charge >= 0.3 is 0 Å². The van der Waals surface area contributed by atoms with Gasteiger partial charge in [-0.15, -0.1) is 0 Å². The van der Waals surface area contributed by atoms with Crippen molar-refractivity contribution in [3.63, 3.8) is 0 Å². The topological polar surface area (TPSA) is 60.9 Å². The first-order valence-corrected chi connectivity index (χ1v) is 9.54. The number of benzene rings is 2. The number of anilines is 1. The highest BCUT2D eigenvalue weighted by Crippen LogP contribution is 2.34. The van der Waals surface area contributed by atoms with Crippen LogP contribution < -0.4 is 19.1 Å². The van der Waals surface area contributed by atoms with Gasteiger partial charge in [-0.05, 0) is 42.5 Å². The Bertz CT molecular complexity index is 1050. The van der Waals surface area contributed by atoms with Gasteiger partial charge in [-0.3, -0.25) is 4.79 Å². The fourth-order valence-electron chi connectivity index (χ4n) is 2.93. The average Bonchev–Trinajstić information content (AvgIpc) is 2.78. The van der Waals surface area contributed by atoms with Crippen molar-refractivity contribution in [2.24, 2.45) is 0 Å². The molecule has 0 spiro atoms. The molecule has 31 heavy (non-hydrogen) atoms. The van der Waals surface area contributed by atoms with Crippen LogP contribution >= 0.6 is 0 Å². The van der Waals surface area contributed by atoms with E-state index in [0.717, 1.165) is 0 Å². The van der Waals surface area contributed by atoms with E-state index in [4.69, 9.17) is 14.2 Å². The van der Waals surface area contributed by atoms with Crippen LogP contribution in [-0.2, 0) is 11.3 Å². The molecule has 6 nitrogen and oxygen atoms in total. The molecule has 1 heterocycles. The standard InChI is InChI=1S/C23H22F2N2O4/c1-16(28)27(15-17-14-18(29-2)9-10-21(17)30-13-11-24)20-7-5-12-26-23(20)31-22-8-4-3-6-19(22)25/h3-10,12,14H,11,13,15H2,1-2H3/i24-1. The van der Waals surface area contributed by atoms with Crippen molar-refractivity contribution >= 4 is 11.6 Å². The van der Waals surface area contributed by atoms with Gasteiger partial charge in [-0.1, -0.05) is 12.1 Å². The second-order valence-electron chi connectivity index (χ2n) is 6.48. The van der Waals surface area contributed by atoms with Gasteiger partial charge in [-0.25, -0.2) is 13.8 Å². The fraction of sp³-hybridized carbons (Fsp3) is 0.217. The molecule has 0 aliphatic rings. The van der Waals surface area contributed by atoms with Crippen molar-refractivity contribution < 1.29 is 27.8 Å². The smallest absolute Gasteiger partial charge is 0.243 e. The molecule has 3 aromatic rings. The van der Waals surface area contributed by atoms with Gasteiger partial charge in [0.1, 0.15) is 30.5 Å². The predicted octanol–water partition coefficient (Wildman–Crippen LogP) is 4.92. The van der Waals surface area contributed by atoms with Crippen LogP contribution in [0.5, 0.6) is 23.1 Å². The highest BCUT2D eigenvalue weighted by Gasteiger charge is 2.21. The van der Waals surface area contributed by atoms with E-state index in [1.54, 1.807) is 42.5 Å². The Balaban J connectivity index is 1.97. The normalized spacial score (nSPS) is 10.5. The number of hydrogen-bond donors (Lipinski definition) is 0. The lowest BCUT2D eigenvalue weighted by atomic mass is 10.1. The zero-order chi connectivity index (χ0) is 22.2. The van der Waals surface area contributed by atoms with Crippen LogP contribution in [0.1, 0.15) is 12.5 Å². The van der Waals surface area contributed by atoms with Crippen molar-refractivity contribution in [3.05, 3.63) is 72.2 Å². The van der Waals surface area contributed by atoms with Gasteiger partial charge in [0.15, 0.2) is 11.6 Å². The highest BCUT2D eigenvalue weighted by molar-refractivity contribution is 5.92. The molecule has 0 bridgehead atoms. The lowest BCUT2D eigenvalue weighted by Crippen LogP contribution is -2.28. The molecule has 0 aliphatic carbocycles. The molecule has 0 saturated carbocycles. The second-order valence-corrected chi connectivity index (χ2v) is 6.48. The Morgan fingerprint density at radius 2 is 1.90 bits per heavy atom. The summed E-state index contributed by atoms with van der Waals surface area (Å²) in [5.74, 6) is 0.176. The summed E-state index contributed by atoms with van der Waals surface area (Å²) in [6, 6.07) is 14.3. The van der Waals surface area contributed by atoms with Crippen LogP contribution in [0.15, 0.2) is 60.8 Å². The molecule has 0 radical (unpaired) electrons. The minimum atomic E-state index is -0.648. The molecular formula is C23H22F2N2O4. The maximum atomic E-state index is 14.1. The van der Waals surface area contributed by atoms with Gasteiger partial charge in [0.2, 0.25) is 11.8 Å². The van der Waals surface area contributed by atoms with Crippen LogP contribution in [0.3, 0.4) is 0 Å². The van der Waals surface area contributed by atoms with Crippen molar-refractivity contribution in [1.29, 1.82) is 0 Å². The van der Waals surface area contributed by atoms with Crippen molar-refractivity contribution in [3.8, 4) is 23.1 Å². The summed E-state index contributed by atoms with van der Waals surface area (Å²) in [6.45, 7) is 0.703. The lowest BCUT2D eigenvalue weighted by Gasteiger charge is -2.24. The molecule has 0 aliphatic heterocycles. The monoisotopic (exact) mass is 427 g/mol.